The molecule has 0 radical (unpaired) electrons. The standard InChI is InChI=1S/C16H29O3Si.3C4H9.Sn/c1-9-14(19-20(7,8)16(4,5)6)12-11-13(3)15(17)18-10-2;3*1-3-4-2;/h1,9,11,14H,10,12H2,2-8H3;3*1,3-4H2,2H3;/b9-1?,13-11+;;;;/t14-;;;;/m1..../s1. The quantitative estimate of drug-likeness (QED) is 0.0967. The molecule has 0 saturated heterocycles. The van der Waals surface area contributed by atoms with Crippen LogP contribution in [0.2, 0.25) is 31.4 Å². The second-order valence-corrected chi connectivity index (χ2v) is 29.1. The average Bonchev–Trinajstić information content (AvgIpc) is 2.75. The van der Waals surface area contributed by atoms with Crippen LogP contribution in [-0.2, 0) is 14.0 Å². The van der Waals surface area contributed by atoms with E-state index in [2.05, 4.69) is 64.8 Å². The van der Waals surface area contributed by atoms with Crippen LogP contribution in [-0.4, -0.2) is 45.4 Å². The van der Waals surface area contributed by atoms with Crippen LogP contribution in [0.1, 0.15) is 100 Å². The predicted octanol–water partition coefficient (Wildman–Crippen LogP) is 9.22. The average molecular weight is 588 g/mol. The van der Waals surface area contributed by atoms with Gasteiger partial charge in [-0.15, -0.1) is 0 Å². The first-order chi connectivity index (χ1) is 15.4. The molecule has 5 heteroatoms. The molecule has 0 bridgehead atoms. The van der Waals surface area contributed by atoms with Gasteiger partial charge in [0, 0.05) is 0 Å². The minimum atomic E-state index is -2.39. The van der Waals surface area contributed by atoms with Crippen molar-refractivity contribution in [1.29, 1.82) is 0 Å². The zero-order valence-electron chi connectivity index (χ0n) is 23.8. The molecule has 0 spiro atoms. The van der Waals surface area contributed by atoms with Crippen LogP contribution in [0.3, 0.4) is 0 Å². The third-order valence-electron chi connectivity index (χ3n) is 7.26. The van der Waals surface area contributed by atoms with Crippen LogP contribution in [0, 0.1) is 0 Å². The Morgan fingerprint density at radius 3 is 1.82 bits per heavy atom. The number of esters is 1. The van der Waals surface area contributed by atoms with Gasteiger partial charge in [-0.25, -0.2) is 0 Å². The van der Waals surface area contributed by atoms with Gasteiger partial charge in [0.15, 0.2) is 0 Å². The van der Waals surface area contributed by atoms with Crippen molar-refractivity contribution in [2.45, 2.75) is 138 Å². The van der Waals surface area contributed by atoms with Gasteiger partial charge in [-0.05, 0) is 0 Å². The van der Waals surface area contributed by atoms with Crippen molar-refractivity contribution in [3.05, 3.63) is 21.8 Å². The zero-order valence-corrected chi connectivity index (χ0v) is 27.7. The summed E-state index contributed by atoms with van der Waals surface area (Å²) >= 11 is -2.39. The molecular formula is C28H56O3SiSn. The number of hydrogen-bond donors (Lipinski definition) is 0. The Labute approximate surface area is 212 Å². The van der Waals surface area contributed by atoms with E-state index in [1.165, 1.54) is 51.8 Å². The van der Waals surface area contributed by atoms with Gasteiger partial charge in [0.2, 0.25) is 0 Å². The minimum absolute atomic E-state index is 0.0382. The van der Waals surface area contributed by atoms with E-state index in [0.29, 0.717) is 12.2 Å². The normalized spacial score (nSPS) is 14.7. The van der Waals surface area contributed by atoms with Crippen LogP contribution in [0.5, 0.6) is 0 Å². The summed E-state index contributed by atoms with van der Waals surface area (Å²) in [6.07, 6.45) is 13.2. The van der Waals surface area contributed by atoms with Crippen molar-refractivity contribution in [3.63, 3.8) is 0 Å². The van der Waals surface area contributed by atoms with Crippen LogP contribution in [0.25, 0.3) is 0 Å². The molecule has 33 heavy (non-hydrogen) atoms. The Morgan fingerprint density at radius 1 is 0.939 bits per heavy atom. The molecule has 194 valence electrons. The molecule has 1 atom stereocenters. The number of carbonyl (C=O) groups is 1. The fourth-order valence-corrected chi connectivity index (χ4v) is 19.6. The van der Waals surface area contributed by atoms with Gasteiger partial charge < -0.3 is 0 Å². The molecule has 0 aromatic heterocycles. The number of carbonyl (C=O) groups excluding carboxylic acids is 1. The van der Waals surface area contributed by atoms with Crippen molar-refractivity contribution in [3.8, 4) is 0 Å². The summed E-state index contributed by atoms with van der Waals surface area (Å²) in [5, 5.41) is 0.159. The fourth-order valence-electron chi connectivity index (χ4n) is 3.87. The first-order valence-corrected chi connectivity index (χ1v) is 24.2. The fraction of sp³-hybridized carbons (Fsp3) is 0.821. The molecule has 0 heterocycles. The Morgan fingerprint density at radius 2 is 1.42 bits per heavy atom. The van der Waals surface area contributed by atoms with Crippen LogP contribution >= 0.6 is 0 Å². The van der Waals surface area contributed by atoms with E-state index in [1.54, 1.807) is 0 Å². The summed E-state index contributed by atoms with van der Waals surface area (Å²) < 4.78 is 19.2. The van der Waals surface area contributed by atoms with Gasteiger partial charge in [-0.2, -0.15) is 0 Å². The van der Waals surface area contributed by atoms with E-state index in [-0.39, 0.29) is 17.1 Å². The molecule has 3 nitrogen and oxygen atoms in total. The van der Waals surface area contributed by atoms with Crippen molar-refractivity contribution in [1.82, 2.24) is 0 Å². The van der Waals surface area contributed by atoms with Gasteiger partial charge in [-0.3, -0.25) is 0 Å². The summed E-state index contributed by atoms with van der Waals surface area (Å²) in [7, 11) is -1.93. The first-order valence-electron chi connectivity index (χ1n) is 13.6. The monoisotopic (exact) mass is 588 g/mol. The zero-order chi connectivity index (χ0) is 25.5. The maximum atomic E-state index is 12.1. The van der Waals surface area contributed by atoms with E-state index in [1.807, 2.05) is 19.9 Å². The predicted molar refractivity (Wildman–Crippen MR) is 151 cm³/mol. The number of unbranched alkanes of at least 4 members (excludes halogenated alkanes) is 3. The van der Waals surface area contributed by atoms with Gasteiger partial charge in [0.1, 0.15) is 0 Å². The third kappa shape index (κ3) is 13.0. The van der Waals surface area contributed by atoms with Gasteiger partial charge >= 0.3 is 213 Å². The second kappa shape index (κ2) is 16.6. The molecule has 0 aliphatic rings. The van der Waals surface area contributed by atoms with Crippen LogP contribution < -0.4 is 0 Å². The SMILES string of the molecule is CCC[CH2][Sn](/[CH]=C/[C@H](C/C=C(\C)C(=O)OCC)O[Si](C)(C)C(C)(C)C)([CH2]CCC)[CH2]CCC. The van der Waals surface area contributed by atoms with E-state index in [9.17, 15) is 4.79 Å². The van der Waals surface area contributed by atoms with Crippen molar-refractivity contribution in [2.75, 3.05) is 6.61 Å². The molecule has 0 unspecified atom stereocenters. The third-order valence-corrected chi connectivity index (χ3v) is 25.9. The van der Waals surface area contributed by atoms with E-state index in [0.717, 1.165) is 6.42 Å². The van der Waals surface area contributed by atoms with Crippen molar-refractivity contribution in [2.24, 2.45) is 0 Å². The Balaban J connectivity index is 5.99. The van der Waals surface area contributed by atoms with Crippen molar-refractivity contribution >= 4 is 32.7 Å². The maximum absolute atomic E-state index is 12.1. The summed E-state index contributed by atoms with van der Waals surface area (Å²) in [6, 6.07) is 0. The van der Waals surface area contributed by atoms with Crippen molar-refractivity contribution < 1.29 is 14.0 Å². The van der Waals surface area contributed by atoms with Gasteiger partial charge in [0.25, 0.3) is 0 Å². The summed E-state index contributed by atoms with van der Waals surface area (Å²) in [5.41, 5.74) is 0.687. The number of ether oxygens (including phenoxy) is 1. The topological polar surface area (TPSA) is 35.5 Å². The van der Waals surface area contributed by atoms with Crippen LogP contribution in [0.15, 0.2) is 21.8 Å². The number of rotatable bonds is 17. The van der Waals surface area contributed by atoms with E-state index < -0.39 is 26.7 Å². The molecule has 0 N–H and O–H groups in total. The molecule has 0 amide bonds. The van der Waals surface area contributed by atoms with Gasteiger partial charge in [-0.1, -0.05) is 0 Å². The Hall–Kier alpha value is -0.0744. The van der Waals surface area contributed by atoms with Gasteiger partial charge in [0.05, 0.1) is 0 Å². The molecule has 0 rings (SSSR count). The summed E-state index contributed by atoms with van der Waals surface area (Å²) in [4.78, 5) is 12.1. The summed E-state index contributed by atoms with van der Waals surface area (Å²) in [6.45, 7) is 22.7. The Bertz CT molecular complexity index is 583. The molecule has 0 aliphatic carbocycles. The second-order valence-electron chi connectivity index (χ2n) is 11.3. The Kier molecular flexibility index (Phi) is 16.5. The molecule has 0 aromatic carbocycles. The van der Waals surface area contributed by atoms with Crippen LogP contribution in [0.4, 0.5) is 0 Å². The molecule has 0 saturated carbocycles. The molecule has 0 aliphatic heterocycles. The number of hydrogen-bond acceptors (Lipinski definition) is 3. The first kappa shape index (κ1) is 32.9. The molecule has 0 aromatic rings. The van der Waals surface area contributed by atoms with E-state index >= 15 is 0 Å². The summed E-state index contributed by atoms with van der Waals surface area (Å²) in [5.74, 6) is -0.213. The molecular weight excluding hydrogens is 531 g/mol. The molecule has 0 fully saturated rings. The van der Waals surface area contributed by atoms with E-state index in [4.69, 9.17) is 9.16 Å².